The van der Waals surface area contributed by atoms with E-state index in [4.69, 9.17) is 32.9 Å². The van der Waals surface area contributed by atoms with Crippen molar-refractivity contribution in [1.82, 2.24) is 4.98 Å². The molecule has 0 unspecified atom stereocenters. The lowest BCUT2D eigenvalue weighted by Gasteiger charge is -2.11. The van der Waals surface area contributed by atoms with Crippen LogP contribution in [-0.2, 0) is 0 Å². The SMILES string of the molecule is CCCOc1cccc(-c2cc(C(=O)Cl)c3ccc(Cl)c(C)c3n2)c1. The van der Waals surface area contributed by atoms with Crippen molar-refractivity contribution < 1.29 is 9.53 Å². The fourth-order valence-electron chi connectivity index (χ4n) is 2.68. The third-order valence-electron chi connectivity index (χ3n) is 3.98. The quantitative estimate of drug-likeness (QED) is 0.512. The van der Waals surface area contributed by atoms with Crippen molar-refractivity contribution in [3.63, 3.8) is 0 Å². The molecule has 3 rings (SSSR count). The van der Waals surface area contributed by atoms with Crippen molar-refractivity contribution in [1.29, 1.82) is 0 Å². The molecule has 0 fully saturated rings. The number of nitrogens with zero attached hydrogens (tertiary/aromatic N) is 1. The molecular weight excluding hydrogens is 357 g/mol. The first kappa shape index (κ1) is 17.7. The monoisotopic (exact) mass is 373 g/mol. The second-order valence-corrected chi connectivity index (χ2v) is 6.52. The van der Waals surface area contributed by atoms with Gasteiger partial charge in [-0.05, 0) is 54.8 Å². The number of aromatic nitrogens is 1. The molecule has 0 aliphatic carbocycles. The third kappa shape index (κ3) is 3.63. The Labute approximate surface area is 156 Å². The third-order valence-corrected chi connectivity index (χ3v) is 4.60. The molecule has 0 aliphatic rings. The molecule has 0 amide bonds. The van der Waals surface area contributed by atoms with Crippen LogP contribution >= 0.6 is 23.2 Å². The number of carbonyl (C=O) groups excluding carboxylic acids is 1. The molecule has 0 atom stereocenters. The van der Waals surface area contributed by atoms with E-state index < -0.39 is 5.24 Å². The lowest BCUT2D eigenvalue weighted by Crippen LogP contribution is -1.98. The van der Waals surface area contributed by atoms with Crippen LogP contribution in [0, 0.1) is 6.92 Å². The Kier molecular flexibility index (Phi) is 5.26. The number of benzene rings is 2. The predicted octanol–water partition coefficient (Wildman–Crippen LogP) is 6.03. The maximum Gasteiger partial charge on any atom is 0.253 e. The number of pyridine rings is 1. The van der Waals surface area contributed by atoms with Crippen LogP contribution < -0.4 is 4.74 Å². The normalized spacial score (nSPS) is 10.9. The van der Waals surface area contributed by atoms with E-state index >= 15 is 0 Å². The zero-order chi connectivity index (χ0) is 18.0. The minimum atomic E-state index is -0.520. The van der Waals surface area contributed by atoms with Gasteiger partial charge in [-0.3, -0.25) is 4.79 Å². The largest absolute Gasteiger partial charge is 0.494 e. The van der Waals surface area contributed by atoms with Crippen LogP contribution in [0.4, 0.5) is 0 Å². The van der Waals surface area contributed by atoms with Crippen LogP contribution in [0.3, 0.4) is 0 Å². The smallest absolute Gasteiger partial charge is 0.253 e. The Balaban J connectivity index is 2.20. The average Bonchev–Trinajstić information content (AvgIpc) is 2.62. The molecule has 3 aromatic rings. The lowest BCUT2D eigenvalue weighted by molar-refractivity contribution is 0.108. The minimum Gasteiger partial charge on any atom is -0.494 e. The molecule has 128 valence electrons. The van der Waals surface area contributed by atoms with E-state index in [1.54, 1.807) is 18.2 Å². The van der Waals surface area contributed by atoms with Crippen LogP contribution in [0.25, 0.3) is 22.2 Å². The van der Waals surface area contributed by atoms with E-state index in [1.807, 2.05) is 31.2 Å². The Bertz CT molecular complexity index is 954. The highest BCUT2D eigenvalue weighted by atomic mass is 35.5. The molecule has 0 spiro atoms. The summed E-state index contributed by atoms with van der Waals surface area (Å²) in [6.45, 7) is 4.58. The van der Waals surface area contributed by atoms with Crippen molar-refractivity contribution >= 4 is 39.3 Å². The minimum absolute atomic E-state index is 0.418. The molecule has 1 heterocycles. The van der Waals surface area contributed by atoms with Crippen molar-refractivity contribution in [3.05, 3.63) is 58.6 Å². The Morgan fingerprint density at radius 1 is 1.20 bits per heavy atom. The summed E-state index contributed by atoms with van der Waals surface area (Å²) < 4.78 is 5.68. The van der Waals surface area contributed by atoms with Gasteiger partial charge < -0.3 is 4.74 Å². The Morgan fingerprint density at radius 2 is 2.00 bits per heavy atom. The topological polar surface area (TPSA) is 39.2 Å². The molecule has 0 saturated heterocycles. The average molecular weight is 374 g/mol. The summed E-state index contributed by atoms with van der Waals surface area (Å²) in [5, 5.41) is 0.781. The molecule has 0 aliphatic heterocycles. The van der Waals surface area contributed by atoms with Crippen molar-refractivity contribution in [2.24, 2.45) is 0 Å². The summed E-state index contributed by atoms with van der Waals surface area (Å²) in [4.78, 5) is 16.6. The fraction of sp³-hybridized carbons (Fsp3) is 0.200. The highest BCUT2D eigenvalue weighted by Crippen LogP contribution is 2.31. The van der Waals surface area contributed by atoms with Crippen molar-refractivity contribution in [2.45, 2.75) is 20.3 Å². The molecular formula is C20H17Cl2NO2. The number of hydrogen-bond acceptors (Lipinski definition) is 3. The highest BCUT2D eigenvalue weighted by Gasteiger charge is 2.15. The van der Waals surface area contributed by atoms with Crippen LogP contribution in [0.2, 0.25) is 5.02 Å². The zero-order valence-corrected chi connectivity index (χ0v) is 15.5. The van der Waals surface area contributed by atoms with E-state index in [2.05, 4.69) is 6.92 Å². The van der Waals surface area contributed by atoms with Crippen molar-refractivity contribution in [2.75, 3.05) is 6.61 Å². The molecule has 5 heteroatoms. The number of aryl methyl sites for hydroxylation is 1. The summed E-state index contributed by atoms with van der Waals surface area (Å²) in [7, 11) is 0. The van der Waals surface area contributed by atoms with Gasteiger partial charge in [0.25, 0.3) is 5.24 Å². The van der Waals surface area contributed by atoms with Gasteiger partial charge in [0, 0.05) is 21.5 Å². The fourth-order valence-corrected chi connectivity index (χ4v) is 2.99. The summed E-state index contributed by atoms with van der Waals surface area (Å²) >= 11 is 12.0. The number of carbonyl (C=O) groups is 1. The first-order valence-electron chi connectivity index (χ1n) is 8.04. The molecule has 2 aromatic carbocycles. The Hall–Kier alpha value is -2.10. The molecule has 25 heavy (non-hydrogen) atoms. The number of ether oxygens (including phenoxy) is 1. The van der Waals surface area contributed by atoms with E-state index in [1.165, 1.54) is 0 Å². The van der Waals surface area contributed by atoms with Gasteiger partial charge in [-0.1, -0.05) is 36.7 Å². The van der Waals surface area contributed by atoms with Crippen LogP contribution in [0.1, 0.15) is 29.3 Å². The number of fused-ring (bicyclic) bond motifs is 1. The maximum absolute atomic E-state index is 11.9. The molecule has 0 N–H and O–H groups in total. The summed E-state index contributed by atoms with van der Waals surface area (Å²) in [5.41, 5.74) is 3.42. The second kappa shape index (κ2) is 7.42. The molecule has 0 bridgehead atoms. The van der Waals surface area contributed by atoms with E-state index in [0.29, 0.717) is 33.8 Å². The van der Waals surface area contributed by atoms with E-state index in [0.717, 1.165) is 23.3 Å². The van der Waals surface area contributed by atoms with Gasteiger partial charge in [0.05, 0.1) is 17.8 Å². The second-order valence-electron chi connectivity index (χ2n) is 5.77. The number of halogens is 2. The van der Waals surface area contributed by atoms with E-state index in [-0.39, 0.29) is 0 Å². The number of rotatable bonds is 5. The molecule has 1 aromatic heterocycles. The van der Waals surface area contributed by atoms with E-state index in [9.17, 15) is 4.79 Å². The maximum atomic E-state index is 11.9. The van der Waals surface area contributed by atoms with Crippen LogP contribution in [0.15, 0.2) is 42.5 Å². The van der Waals surface area contributed by atoms with Gasteiger partial charge in [-0.2, -0.15) is 0 Å². The van der Waals surface area contributed by atoms with Gasteiger partial charge >= 0.3 is 0 Å². The molecule has 0 radical (unpaired) electrons. The van der Waals surface area contributed by atoms with Crippen molar-refractivity contribution in [3.8, 4) is 17.0 Å². The highest BCUT2D eigenvalue weighted by molar-refractivity contribution is 6.68. The Morgan fingerprint density at radius 3 is 2.72 bits per heavy atom. The zero-order valence-electron chi connectivity index (χ0n) is 14.0. The van der Waals surface area contributed by atoms with Gasteiger partial charge in [-0.15, -0.1) is 0 Å². The summed E-state index contributed by atoms with van der Waals surface area (Å²) in [6, 6.07) is 12.9. The van der Waals surface area contributed by atoms with Gasteiger partial charge in [0.1, 0.15) is 5.75 Å². The predicted molar refractivity (Wildman–Crippen MR) is 103 cm³/mol. The molecule has 3 nitrogen and oxygen atoms in total. The van der Waals surface area contributed by atoms with Crippen LogP contribution in [0.5, 0.6) is 5.75 Å². The van der Waals surface area contributed by atoms with Gasteiger partial charge in [0.2, 0.25) is 0 Å². The first-order chi connectivity index (χ1) is 12.0. The van der Waals surface area contributed by atoms with Gasteiger partial charge in [0.15, 0.2) is 0 Å². The first-order valence-corrected chi connectivity index (χ1v) is 8.79. The summed E-state index contributed by atoms with van der Waals surface area (Å²) in [5.74, 6) is 0.766. The van der Waals surface area contributed by atoms with Gasteiger partial charge in [-0.25, -0.2) is 4.98 Å². The van der Waals surface area contributed by atoms with Crippen LogP contribution in [-0.4, -0.2) is 16.8 Å². The molecule has 0 saturated carbocycles. The number of hydrogen-bond donors (Lipinski definition) is 0. The summed E-state index contributed by atoms with van der Waals surface area (Å²) in [6.07, 6.45) is 0.932. The lowest BCUT2D eigenvalue weighted by atomic mass is 10.0. The standard InChI is InChI=1S/C20H17Cl2NO2/c1-3-9-25-14-6-4-5-13(10-14)18-11-16(20(22)24)15-7-8-17(21)12(2)19(15)23-18/h4-8,10-11H,3,9H2,1-2H3.